The first kappa shape index (κ1) is 16.4. The minimum Gasteiger partial charge on any atom is -0.497 e. The molecule has 0 spiro atoms. The Hall–Kier alpha value is -2.95. The van der Waals surface area contributed by atoms with Crippen LogP contribution >= 0.6 is 0 Å². The summed E-state index contributed by atoms with van der Waals surface area (Å²) in [6.07, 6.45) is 3.37. The quantitative estimate of drug-likeness (QED) is 0.851. The number of nitrogens with one attached hydrogen (secondary N) is 2. The van der Waals surface area contributed by atoms with Gasteiger partial charge in [0.25, 0.3) is 0 Å². The molecule has 2 aromatic rings. The van der Waals surface area contributed by atoms with E-state index >= 15 is 0 Å². The van der Waals surface area contributed by atoms with Crippen LogP contribution < -0.4 is 20.1 Å². The summed E-state index contributed by atoms with van der Waals surface area (Å²) in [5.41, 5.74) is 1.56. The van der Waals surface area contributed by atoms with Gasteiger partial charge in [-0.3, -0.25) is 0 Å². The molecule has 2 amide bonds. The van der Waals surface area contributed by atoms with Gasteiger partial charge in [-0.1, -0.05) is 24.3 Å². The van der Waals surface area contributed by atoms with Crippen molar-refractivity contribution in [2.24, 2.45) is 0 Å². The molecule has 0 aromatic heterocycles. The standard InChI is InChI=1S/C18H20N2O3/c1-3-23-17-10-5-4-9-16(17)20-18(21)19-12-11-14-7-6-8-15(13-14)22-2/h4-13H,3H2,1-2H3,(H2,19,20,21)/b12-11+. The SMILES string of the molecule is CCOc1ccccc1NC(=O)N/C=C/c1cccc(OC)c1. The number of benzene rings is 2. The third-order valence-corrected chi connectivity index (χ3v) is 3.02. The maximum atomic E-state index is 11.9. The zero-order valence-electron chi connectivity index (χ0n) is 13.2. The molecule has 0 radical (unpaired) electrons. The maximum Gasteiger partial charge on any atom is 0.323 e. The Kier molecular flexibility index (Phi) is 6.06. The monoisotopic (exact) mass is 312 g/mol. The van der Waals surface area contributed by atoms with Crippen molar-refractivity contribution < 1.29 is 14.3 Å². The van der Waals surface area contributed by atoms with Gasteiger partial charge in [-0.15, -0.1) is 0 Å². The van der Waals surface area contributed by atoms with E-state index in [1.165, 1.54) is 0 Å². The number of carbonyl (C=O) groups excluding carboxylic acids is 1. The average Bonchev–Trinajstić information content (AvgIpc) is 2.57. The van der Waals surface area contributed by atoms with E-state index in [2.05, 4.69) is 10.6 Å². The van der Waals surface area contributed by atoms with E-state index < -0.39 is 0 Å². The molecule has 0 heterocycles. The van der Waals surface area contributed by atoms with Gasteiger partial charge < -0.3 is 20.1 Å². The lowest BCUT2D eigenvalue weighted by Gasteiger charge is -2.10. The van der Waals surface area contributed by atoms with Gasteiger partial charge in [-0.05, 0) is 42.8 Å². The predicted molar refractivity (Wildman–Crippen MR) is 91.8 cm³/mol. The molecule has 0 atom stereocenters. The molecule has 5 heteroatoms. The number of rotatable bonds is 6. The van der Waals surface area contributed by atoms with Crippen molar-refractivity contribution >= 4 is 17.8 Å². The Labute approximate surface area is 135 Å². The van der Waals surface area contributed by atoms with Crippen LogP contribution in [-0.2, 0) is 0 Å². The molecule has 0 aliphatic heterocycles. The van der Waals surface area contributed by atoms with Crippen molar-refractivity contribution in [3.8, 4) is 11.5 Å². The average molecular weight is 312 g/mol. The normalized spacial score (nSPS) is 10.3. The molecule has 0 aliphatic rings. The first-order valence-electron chi connectivity index (χ1n) is 7.33. The summed E-state index contributed by atoms with van der Waals surface area (Å²) in [5, 5.41) is 5.41. The van der Waals surface area contributed by atoms with Crippen molar-refractivity contribution in [1.82, 2.24) is 5.32 Å². The summed E-state index contributed by atoms with van der Waals surface area (Å²) in [6.45, 7) is 2.43. The first-order chi connectivity index (χ1) is 11.2. The second-order valence-corrected chi connectivity index (χ2v) is 4.64. The Balaban J connectivity index is 1.93. The van der Waals surface area contributed by atoms with Crippen molar-refractivity contribution in [1.29, 1.82) is 0 Å². The van der Waals surface area contributed by atoms with E-state index in [0.29, 0.717) is 18.0 Å². The van der Waals surface area contributed by atoms with E-state index in [4.69, 9.17) is 9.47 Å². The number of methoxy groups -OCH3 is 1. The molecular formula is C18H20N2O3. The van der Waals surface area contributed by atoms with Gasteiger partial charge in [0.15, 0.2) is 0 Å². The van der Waals surface area contributed by atoms with Gasteiger partial charge in [0, 0.05) is 6.20 Å². The summed E-state index contributed by atoms with van der Waals surface area (Å²) < 4.78 is 10.6. The van der Waals surface area contributed by atoms with Crippen LogP contribution in [0.2, 0.25) is 0 Å². The lowest BCUT2D eigenvalue weighted by Crippen LogP contribution is -2.24. The van der Waals surface area contributed by atoms with E-state index in [0.717, 1.165) is 11.3 Å². The largest absolute Gasteiger partial charge is 0.497 e. The van der Waals surface area contributed by atoms with Gasteiger partial charge in [-0.2, -0.15) is 0 Å². The molecule has 2 rings (SSSR count). The number of anilines is 1. The Morgan fingerprint density at radius 1 is 1.17 bits per heavy atom. The van der Waals surface area contributed by atoms with Gasteiger partial charge in [-0.25, -0.2) is 4.79 Å². The first-order valence-corrected chi connectivity index (χ1v) is 7.33. The molecule has 0 saturated heterocycles. The number of carbonyl (C=O) groups is 1. The topological polar surface area (TPSA) is 59.6 Å². The van der Waals surface area contributed by atoms with Crippen LogP contribution in [0.1, 0.15) is 12.5 Å². The summed E-state index contributed by atoms with van der Waals surface area (Å²) >= 11 is 0. The smallest absolute Gasteiger partial charge is 0.323 e. The van der Waals surface area contributed by atoms with Crippen molar-refractivity contribution in [2.75, 3.05) is 19.0 Å². The van der Waals surface area contributed by atoms with Crippen molar-refractivity contribution in [3.05, 3.63) is 60.3 Å². The van der Waals surface area contributed by atoms with E-state index in [1.54, 1.807) is 25.5 Å². The second kappa shape index (κ2) is 8.48. The minimum absolute atomic E-state index is 0.337. The van der Waals surface area contributed by atoms with Gasteiger partial charge >= 0.3 is 6.03 Å². The maximum absolute atomic E-state index is 11.9. The number of urea groups is 1. The third kappa shape index (κ3) is 5.07. The zero-order chi connectivity index (χ0) is 16.5. The van der Waals surface area contributed by atoms with Crippen LogP contribution in [0.25, 0.3) is 6.08 Å². The Morgan fingerprint density at radius 2 is 2.00 bits per heavy atom. The molecule has 0 aliphatic carbocycles. The molecule has 0 fully saturated rings. The van der Waals surface area contributed by atoms with E-state index in [1.807, 2.05) is 49.4 Å². The lowest BCUT2D eigenvalue weighted by molar-refractivity contribution is 0.255. The van der Waals surface area contributed by atoms with Crippen LogP contribution in [0.4, 0.5) is 10.5 Å². The number of ether oxygens (including phenoxy) is 2. The third-order valence-electron chi connectivity index (χ3n) is 3.02. The zero-order valence-corrected chi connectivity index (χ0v) is 13.2. The fourth-order valence-corrected chi connectivity index (χ4v) is 1.97. The van der Waals surface area contributed by atoms with E-state index in [-0.39, 0.29) is 6.03 Å². The number of para-hydroxylation sites is 2. The number of hydrogen-bond acceptors (Lipinski definition) is 3. The van der Waals surface area contributed by atoms with Gasteiger partial charge in [0.1, 0.15) is 11.5 Å². The van der Waals surface area contributed by atoms with Crippen LogP contribution in [0, 0.1) is 0 Å². The van der Waals surface area contributed by atoms with Crippen LogP contribution in [0.3, 0.4) is 0 Å². The molecule has 2 aromatic carbocycles. The molecule has 120 valence electrons. The molecule has 2 N–H and O–H groups in total. The van der Waals surface area contributed by atoms with Crippen LogP contribution in [0.5, 0.6) is 11.5 Å². The minimum atomic E-state index is -0.337. The highest BCUT2D eigenvalue weighted by Gasteiger charge is 2.05. The second-order valence-electron chi connectivity index (χ2n) is 4.64. The fourth-order valence-electron chi connectivity index (χ4n) is 1.97. The van der Waals surface area contributed by atoms with E-state index in [9.17, 15) is 4.79 Å². The van der Waals surface area contributed by atoms with Gasteiger partial charge in [0.2, 0.25) is 0 Å². The highest BCUT2D eigenvalue weighted by Crippen LogP contribution is 2.23. The van der Waals surface area contributed by atoms with Crippen LogP contribution in [0.15, 0.2) is 54.7 Å². The summed E-state index contributed by atoms with van der Waals surface area (Å²) in [6, 6.07) is 14.5. The lowest BCUT2D eigenvalue weighted by atomic mass is 10.2. The van der Waals surface area contributed by atoms with Crippen molar-refractivity contribution in [2.45, 2.75) is 6.92 Å². The Bertz CT molecular complexity index is 683. The molecule has 23 heavy (non-hydrogen) atoms. The van der Waals surface area contributed by atoms with Crippen LogP contribution in [-0.4, -0.2) is 19.7 Å². The highest BCUT2D eigenvalue weighted by atomic mass is 16.5. The number of amides is 2. The Morgan fingerprint density at radius 3 is 2.78 bits per heavy atom. The molecular weight excluding hydrogens is 292 g/mol. The summed E-state index contributed by atoms with van der Waals surface area (Å²) in [5.74, 6) is 1.41. The predicted octanol–water partition coefficient (Wildman–Crippen LogP) is 3.89. The van der Waals surface area contributed by atoms with Gasteiger partial charge in [0.05, 0.1) is 19.4 Å². The summed E-state index contributed by atoms with van der Waals surface area (Å²) in [7, 11) is 1.62. The summed E-state index contributed by atoms with van der Waals surface area (Å²) in [4.78, 5) is 11.9. The highest BCUT2D eigenvalue weighted by molar-refractivity contribution is 5.91. The molecule has 0 unspecified atom stereocenters. The molecule has 0 bridgehead atoms. The molecule has 5 nitrogen and oxygen atoms in total. The number of hydrogen-bond donors (Lipinski definition) is 2. The van der Waals surface area contributed by atoms with Crippen molar-refractivity contribution in [3.63, 3.8) is 0 Å². The molecule has 0 saturated carbocycles. The fraction of sp³-hybridized carbons (Fsp3) is 0.167.